The Morgan fingerprint density at radius 2 is 1.75 bits per heavy atom. The number of carbonyl (C=O) groups excluding carboxylic acids is 2. The zero-order valence-electron chi connectivity index (χ0n) is 14.9. The molecule has 0 radical (unpaired) electrons. The van der Waals surface area contributed by atoms with E-state index in [2.05, 4.69) is 15.6 Å². The van der Waals surface area contributed by atoms with Crippen LogP contribution in [0.25, 0.3) is 0 Å². The van der Waals surface area contributed by atoms with Crippen LogP contribution in [0, 0.1) is 0 Å². The molecule has 3 rings (SSSR count). The number of benzene rings is 2. The van der Waals surface area contributed by atoms with Crippen LogP contribution in [-0.4, -0.2) is 16.8 Å². The average Bonchev–Trinajstić information content (AvgIpc) is 2.68. The molecule has 2 amide bonds. The summed E-state index contributed by atoms with van der Waals surface area (Å²) >= 11 is 12.1. The highest BCUT2D eigenvalue weighted by molar-refractivity contribution is 6.35. The minimum absolute atomic E-state index is 0.281. The molecule has 0 bridgehead atoms. The number of nitrogens with one attached hydrogen (secondary N) is 2. The molecule has 142 valence electrons. The molecule has 2 aromatic carbocycles. The minimum Gasteiger partial charge on any atom is -0.345 e. The summed E-state index contributed by atoms with van der Waals surface area (Å²) in [4.78, 5) is 28.8. The fourth-order valence-corrected chi connectivity index (χ4v) is 3.22. The lowest BCUT2D eigenvalue weighted by atomic mass is 10.1. The Bertz CT molecular complexity index is 1010. The van der Waals surface area contributed by atoms with Gasteiger partial charge in [0.1, 0.15) is 0 Å². The lowest BCUT2D eigenvalue weighted by Gasteiger charge is -2.16. The molecule has 28 heavy (non-hydrogen) atoms. The second kappa shape index (κ2) is 8.87. The maximum Gasteiger partial charge on any atom is 0.257 e. The van der Waals surface area contributed by atoms with Crippen molar-refractivity contribution in [1.29, 1.82) is 0 Å². The highest BCUT2D eigenvalue weighted by atomic mass is 35.5. The first-order valence-electron chi connectivity index (χ1n) is 8.51. The van der Waals surface area contributed by atoms with Crippen molar-refractivity contribution in [3.05, 3.63) is 93.7 Å². The predicted molar refractivity (Wildman–Crippen MR) is 111 cm³/mol. The van der Waals surface area contributed by atoms with E-state index in [0.29, 0.717) is 26.9 Å². The van der Waals surface area contributed by atoms with Crippen molar-refractivity contribution in [3.8, 4) is 0 Å². The van der Waals surface area contributed by atoms with Crippen LogP contribution in [-0.2, 0) is 0 Å². The molecule has 1 atom stereocenters. The van der Waals surface area contributed by atoms with Crippen molar-refractivity contribution in [3.63, 3.8) is 0 Å². The molecule has 0 aliphatic carbocycles. The molecule has 0 fully saturated rings. The number of hydrogen-bond donors (Lipinski definition) is 2. The normalized spacial score (nSPS) is 11.5. The van der Waals surface area contributed by atoms with Gasteiger partial charge in [0.25, 0.3) is 11.8 Å². The van der Waals surface area contributed by atoms with Crippen LogP contribution in [0.5, 0.6) is 0 Å². The van der Waals surface area contributed by atoms with Gasteiger partial charge in [0.15, 0.2) is 0 Å². The van der Waals surface area contributed by atoms with Crippen molar-refractivity contribution >= 4 is 40.7 Å². The summed E-state index contributed by atoms with van der Waals surface area (Å²) in [6.45, 7) is 1.83. The number of carbonyl (C=O) groups is 2. The van der Waals surface area contributed by atoms with Crippen molar-refractivity contribution < 1.29 is 9.59 Å². The summed E-state index contributed by atoms with van der Waals surface area (Å²) in [7, 11) is 0. The summed E-state index contributed by atoms with van der Waals surface area (Å²) in [6, 6.07) is 14.9. The first-order chi connectivity index (χ1) is 13.4. The maximum absolute atomic E-state index is 12.6. The molecule has 0 spiro atoms. The van der Waals surface area contributed by atoms with E-state index >= 15 is 0 Å². The van der Waals surface area contributed by atoms with Crippen LogP contribution in [0.2, 0.25) is 10.0 Å². The Morgan fingerprint density at radius 1 is 0.964 bits per heavy atom. The van der Waals surface area contributed by atoms with Gasteiger partial charge in [-0.3, -0.25) is 14.6 Å². The standard InChI is InChI=1S/C21H17Cl2N3O2/c1-13(18-8-7-16(22)11-19(18)23)25-20(27)14-4-2-6-17(10-14)26-21(28)15-5-3-9-24-12-15/h2-13H,1H3,(H,25,27)(H,26,28). The Balaban J connectivity index is 1.70. The van der Waals surface area contributed by atoms with Gasteiger partial charge in [-0.25, -0.2) is 0 Å². The molecular weight excluding hydrogens is 397 g/mol. The number of rotatable bonds is 5. The number of halogens is 2. The van der Waals surface area contributed by atoms with E-state index < -0.39 is 0 Å². The smallest absolute Gasteiger partial charge is 0.257 e. The lowest BCUT2D eigenvalue weighted by Crippen LogP contribution is -2.27. The number of aromatic nitrogens is 1. The van der Waals surface area contributed by atoms with Crippen LogP contribution >= 0.6 is 23.2 Å². The number of amides is 2. The number of hydrogen-bond acceptors (Lipinski definition) is 3. The number of anilines is 1. The molecule has 0 aliphatic rings. The molecule has 1 aromatic heterocycles. The third kappa shape index (κ3) is 4.88. The minimum atomic E-state index is -0.314. The topological polar surface area (TPSA) is 71.1 Å². The largest absolute Gasteiger partial charge is 0.345 e. The van der Waals surface area contributed by atoms with Gasteiger partial charge in [-0.05, 0) is 55.0 Å². The molecule has 0 saturated carbocycles. The van der Waals surface area contributed by atoms with Crippen LogP contribution in [0.15, 0.2) is 67.0 Å². The van der Waals surface area contributed by atoms with E-state index in [0.717, 1.165) is 5.56 Å². The van der Waals surface area contributed by atoms with Gasteiger partial charge in [0.05, 0.1) is 11.6 Å². The SMILES string of the molecule is CC(NC(=O)c1cccc(NC(=O)c2cccnc2)c1)c1ccc(Cl)cc1Cl. The van der Waals surface area contributed by atoms with Crippen LogP contribution in [0.1, 0.15) is 39.2 Å². The van der Waals surface area contributed by atoms with Gasteiger partial charge in [0.2, 0.25) is 0 Å². The monoisotopic (exact) mass is 413 g/mol. The summed E-state index contributed by atoms with van der Waals surface area (Å²) in [5.41, 5.74) is 2.13. The van der Waals surface area contributed by atoms with Gasteiger partial charge in [-0.1, -0.05) is 35.3 Å². The molecular formula is C21H17Cl2N3O2. The molecule has 7 heteroatoms. The van der Waals surface area contributed by atoms with E-state index in [1.165, 1.54) is 6.20 Å². The molecule has 3 aromatic rings. The highest BCUT2D eigenvalue weighted by Crippen LogP contribution is 2.26. The van der Waals surface area contributed by atoms with Crippen LogP contribution < -0.4 is 10.6 Å². The van der Waals surface area contributed by atoms with Gasteiger partial charge < -0.3 is 10.6 Å². The second-order valence-corrected chi connectivity index (χ2v) is 6.98. The Morgan fingerprint density at radius 3 is 2.46 bits per heavy atom. The van der Waals surface area contributed by atoms with Gasteiger partial charge in [-0.15, -0.1) is 0 Å². The third-order valence-corrected chi connectivity index (χ3v) is 4.65. The Hall–Kier alpha value is -2.89. The summed E-state index contributed by atoms with van der Waals surface area (Å²) in [5, 5.41) is 6.67. The molecule has 1 heterocycles. The summed E-state index contributed by atoms with van der Waals surface area (Å²) in [6.07, 6.45) is 3.07. The first kappa shape index (κ1) is 19.9. The van der Waals surface area contributed by atoms with E-state index in [1.54, 1.807) is 60.8 Å². The van der Waals surface area contributed by atoms with Gasteiger partial charge in [0, 0.05) is 33.7 Å². The molecule has 0 saturated heterocycles. The van der Waals surface area contributed by atoms with Crippen molar-refractivity contribution in [2.45, 2.75) is 13.0 Å². The predicted octanol–water partition coefficient (Wildman–Crippen LogP) is 5.13. The summed E-state index contributed by atoms with van der Waals surface area (Å²) in [5.74, 6) is -0.581. The fraction of sp³-hybridized carbons (Fsp3) is 0.0952. The second-order valence-electron chi connectivity index (χ2n) is 6.14. The van der Waals surface area contributed by atoms with Crippen molar-refractivity contribution in [1.82, 2.24) is 10.3 Å². The molecule has 0 aliphatic heterocycles. The van der Waals surface area contributed by atoms with Crippen molar-refractivity contribution in [2.75, 3.05) is 5.32 Å². The van der Waals surface area contributed by atoms with E-state index in [4.69, 9.17) is 23.2 Å². The zero-order chi connectivity index (χ0) is 20.1. The molecule has 2 N–H and O–H groups in total. The van der Waals surface area contributed by atoms with E-state index in [1.807, 2.05) is 6.92 Å². The summed E-state index contributed by atoms with van der Waals surface area (Å²) < 4.78 is 0. The molecule has 5 nitrogen and oxygen atoms in total. The Labute approximate surface area is 172 Å². The van der Waals surface area contributed by atoms with E-state index in [-0.39, 0.29) is 17.9 Å². The average molecular weight is 414 g/mol. The van der Waals surface area contributed by atoms with Gasteiger partial charge in [-0.2, -0.15) is 0 Å². The van der Waals surface area contributed by atoms with Gasteiger partial charge >= 0.3 is 0 Å². The molecule has 1 unspecified atom stereocenters. The van der Waals surface area contributed by atoms with E-state index in [9.17, 15) is 9.59 Å². The maximum atomic E-state index is 12.6. The lowest BCUT2D eigenvalue weighted by molar-refractivity contribution is 0.0938. The van der Waals surface area contributed by atoms with Crippen molar-refractivity contribution in [2.24, 2.45) is 0 Å². The number of pyridine rings is 1. The Kier molecular flexibility index (Phi) is 6.29. The first-order valence-corrected chi connectivity index (χ1v) is 9.27. The van der Waals surface area contributed by atoms with Crippen LogP contribution in [0.3, 0.4) is 0 Å². The highest BCUT2D eigenvalue weighted by Gasteiger charge is 2.15. The number of nitrogens with zero attached hydrogens (tertiary/aromatic N) is 1. The zero-order valence-corrected chi connectivity index (χ0v) is 16.5. The third-order valence-electron chi connectivity index (χ3n) is 4.08. The van der Waals surface area contributed by atoms with Crippen LogP contribution in [0.4, 0.5) is 5.69 Å². The fourth-order valence-electron chi connectivity index (χ4n) is 2.65. The quantitative estimate of drug-likeness (QED) is 0.608.